The maximum atomic E-state index is 12.5. The zero-order chi connectivity index (χ0) is 13.8. The van der Waals surface area contributed by atoms with Gasteiger partial charge in [-0.3, -0.25) is 0 Å². The van der Waals surface area contributed by atoms with Crippen LogP contribution >= 0.6 is 0 Å². The number of nitrogens with zero attached hydrogens (tertiary/aromatic N) is 2. The van der Waals surface area contributed by atoms with Gasteiger partial charge in [0, 0.05) is 12.6 Å². The van der Waals surface area contributed by atoms with E-state index in [2.05, 4.69) is 16.9 Å². The second kappa shape index (κ2) is 6.33. The fourth-order valence-corrected chi connectivity index (χ4v) is 3.46. The van der Waals surface area contributed by atoms with Crippen LogP contribution in [0.15, 0.2) is 11.2 Å². The number of hydrogen-bond donors (Lipinski definition) is 1. The number of aromatic amines is 1. The molecule has 1 aromatic heterocycles. The molecule has 0 aromatic carbocycles. The molecule has 6 heteroatoms. The van der Waals surface area contributed by atoms with Crippen LogP contribution in [0.3, 0.4) is 0 Å². The van der Waals surface area contributed by atoms with Crippen molar-refractivity contribution in [2.45, 2.75) is 58.0 Å². The minimum absolute atomic E-state index is 0.00477. The lowest BCUT2D eigenvalue weighted by molar-refractivity contribution is 0.323. The van der Waals surface area contributed by atoms with Gasteiger partial charge in [0.15, 0.2) is 5.03 Å². The number of H-pyrrole nitrogens is 1. The number of imidazole rings is 1. The predicted octanol–water partition coefficient (Wildman–Crippen LogP) is 2.31. The van der Waals surface area contributed by atoms with Gasteiger partial charge in [0.25, 0.3) is 10.0 Å². The molecular formula is C12H23N3O2S. The summed E-state index contributed by atoms with van der Waals surface area (Å²) >= 11 is 0. The summed E-state index contributed by atoms with van der Waals surface area (Å²) in [7, 11) is -3.45. The fourth-order valence-electron chi connectivity index (χ4n) is 1.75. The van der Waals surface area contributed by atoms with Crippen LogP contribution < -0.4 is 0 Å². The van der Waals surface area contributed by atoms with E-state index >= 15 is 0 Å². The second-order valence-corrected chi connectivity index (χ2v) is 6.42. The molecule has 0 aliphatic heterocycles. The third kappa shape index (κ3) is 3.32. The molecule has 104 valence electrons. The van der Waals surface area contributed by atoms with Crippen molar-refractivity contribution >= 4 is 10.0 Å². The number of aryl methyl sites for hydroxylation is 1. The maximum absolute atomic E-state index is 12.5. The van der Waals surface area contributed by atoms with Crippen LogP contribution in [0.4, 0.5) is 0 Å². The van der Waals surface area contributed by atoms with E-state index in [-0.39, 0.29) is 11.1 Å². The topological polar surface area (TPSA) is 66.1 Å². The SMILES string of the molecule is CCCCN(C(C)CC)S(=O)(=O)c1cnc(C)[nH]1. The van der Waals surface area contributed by atoms with Gasteiger partial charge in [-0.05, 0) is 26.7 Å². The molecule has 5 nitrogen and oxygen atoms in total. The monoisotopic (exact) mass is 273 g/mol. The van der Waals surface area contributed by atoms with Gasteiger partial charge in [-0.25, -0.2) is 13.4 Å². The zero-order valence-electron chi connectivity index (χ0n) is 11.6. The predicted molar refractivity (Wildman–Crippen MR) is 71.9 cm³/mol. The molecule has 0 radical (unpaired) electrons. The number of rotatable bonds is 7. The van der Waals surface area contributed by atoms with Crippen molar-refractivity contribution in [3.05, 3.63) is 12.0 Å². The molecule has 1 atom stereocenters. The molecule has 1 heterocycles. The summed E-state index contributed by atoms with van der Waals surface area (Å²) in [4.78, 5) is 6.78. The molecule has 0 saturated heterocycles. The van der Waals surface area contributed by atoms with Gasteiger partial charge in [-0.1, -0.05) is 20.3 Å². The lowest BCUT2D eigenvalue weighted by atomic mass is 10.2. The largest absolute Gasteiger partial charge is 0.332 e. The maximum Gasteiger partial charge on any atom is 0.260 e. The first kappa shape index (κ1) is 15.2. The van der Waals surface area contributed by atoms with Gasteiger partial charge in [0.1, 0.15) is 5.82 Å². The lowest BCUT2D eigenvalue weighted by Gasteiger charge is -2.26. The fraction of sp³-hybridized carbons (Fsp3) is 0.750. The van der Waals surface area contributed by atoms with Crippen LogP contribution in [-0.4, -0.2) is 35.3 Å². The average molecular weight is 273 g/mol. The van der Waals surface area contributed by atoms with Gasteiger partial charge in [0.05, 0.1) is 6.20 Å². The Morgan fingerprint density at radius 2 is 2.11 bits per heavy atom. The van der Waals surface area contributed by atoms with Crippen molar-refractivity contribution in [3.8, 4) is 0 Å². The molecule has 0 spiro atoms. The normalized spacial score (nSPS) is 14.1. The third-order valence-corrected chi connectivity index (χ3v) is 5.00. The summed E-state index contributed by atoms with van der Waals surface area (Å²) in [5.41, 5.74) is 0. The minimum Gasteiger partial charge on any atom is -0.332 e. The van der Waals surface area contributed by atoms with E-state index in [1.54, 1.807) is 11.2 Å². The van der Waals surface area contributed by atoms with E-state index in [9.17, 15) is 8.42 Å². The van der Waals surface area contributed by atoms with Gasteiger partial charge >= 0.3 is 0 Å². The summed E-state index contributed by atoms with van der Waals surface area (Å²) in [5.74, 6) is 0.619. The molecule has 0 saturated carbocycles. The highest BCUT2D eigenvalue weighted by molar-refractivity contribution is 7.89. The summed E-state index contributed by atoms with van der Waals surface area (Å²) in [6.45, 7) is 8.31. The molecular weight excluding hydrogens is 250 g/mol. The number of sulfonamides is 1. The molecule has 1 N–H and O–H groups in total. The highest BCUT2D eigenvalue weighted by Crippen LogP contribution is 2.18. The first-order chi connectivity index (χ1) is 8.43. The van der Waals surface area contributed by atoms with Crippen molar-refractivity contribution in [1.82, 2.24) is 14.3 Å². The van der Waals surface area contributed by atoms with Crippen molar-refractivity contribution < 1.29 is 8.42 Å². The van der Waals surface area contributed by atoms with Crippen LogP contribution in [0.25, 0.3) is 0 Å². The Morgan fingerprint density at radius 1 is 1.44 bits per heavy atom. The Labute approximate surface area is 110 Å². The Kier molecular flexibility index (Phi) is 5.34. The second-order valence-electron chi connectivity index (χ2n) is 4.56. The highest BCUT2D eigenvalue weighted by Gasteiger charge is 2.29. The number of nitrogens with one attached hydrogen (secondary N) is 1. The Bertz CT molecular complexity index is 467. The van der Waals surface area contributed by atoms with Gasteiger partial charge in [0.2, 0.25) is 0 Å². The highest BCUT2D eigenvalue weighted by atomic mass is 32.2. The lowest BCUT2D eigenvalue weighted by Crippen LogP contribution is -2.39. The first-order valence-electron chi connectivity index (χ1n) is 6.46. The van der Waals surface area contributed by atoms with Crippen molar-refractivity contribution in [2.75, 3.05) is 6.54 Å². The van der Waals surface area contributed by atoms with Gasteiger partial charge in [-0.15, -0.1) is 0 Å². The molecule has 1 rings (SSSR count). The van der Waals surface area contributed by atoms with E-state index in [0.29, 0.717) is 12.4 Å². The van der Waals surface area contributed by atoms with Crippen LogP contribution in [0.5, 0.6) is 0 Å². The number of hydrogen-bond acceptors (Lipinski definition) is 3. The molecule has 0 aliphatic carbocycles. The van der Waals surface area contributed by atoms with Gasteiger partial charge < -0.3 is 4.98 Å². The number of unbranched alkanes of at least 4 members (excludes halogenated alkanes) is 1. The Morgan fingerprint density at radius 3 is 2.56 bits per heavy atom. The molecule has 1 unspecified atom stereocenters. The smallest absolute Gasteiger partial charge is 0.260 e. The Hall–Kier alpha value is -0.880. The van der Waals surface area contributed by atoms with Crippen molar-refractivity contribution in [1.29, 1.82) is 0 Å². The molecule has 0 aliphatic rings. The Balaban J connectivity index is 3.03. The summed E-state index contributed by atoms with van der Waals surface area (Å²) in [6.07, 6.45) is 4.04. The third-order valence-electron chi connectivity index (χ3n) is 3.08. The summed E-state index contributed by atoms with van der Waals surface area (Å²) in [5, 5.41) is 0.191. The van der Waals surface area contributed by atoms with Crippen molar-refractivity contribution in [3.63, 3.8) is 0 Å². The van der Waals surface area contributed by atoms with Crippen LogP contribution in [0.1, 0.15) is 45.9 Å². The summed E-state index contributed by atoms with van der Waals surface area (Å²) < 4.78 is 26.6. The average Bonchev–Trinajstić information content (AvgIpc) is 2.76. The molecule has 18 heavy (non-hydrogen) atoms. The zero-order valence-corrected chi connectivity index (χ0v) is 12.4. The molecule has 0 amide bonds. The first-order valence-corrected chi connectivity index (χ1v) is 7.90. The van der Waals surface area contributed by atoms with Crippen LogP contribution in [-0.2, 0) is 10.0 Å². The number of aromatic nitrogens is 2. The molecule has 0 bridgehead atoms. The van der Waals surface area contributed by atoms with Crippen LogP contribution in [0, 0.1) is 6.92 Å². The van der Waals surface area contributed by atoms with E-state index in [0.717, 1.165) is 19.3 Å². The molecule has 1 aromatic rings. The minimum atomic E-state index is -3.45. The van der Waals surface area contributed by atoms with E-state index in [1.165, 1.54) is 6.20 Å². The van der Waals surface area contributed by atoms with Crippen LogP contribution in [0.2, 0.25) is 0 Å². The van der Waals surface area contributed by atoms with E-state index in [1.807, 2.05) is 13.8 Å². The van der Waals surface area contributed by atoms with Crippen molar-refractivity contribution in [2.24, 2.45) is 0 Å². The summed E-state index contributed by atoms with van der Waals surface area (Å²) in [6, 6.07) is 0.00477. The molecule has 0 fully saturated rings. The van der Waals surface area contributed by atoms with E-state index < -0.39 is 10.0 Å². The van der Waals surface area contributed by atoms with Gasteiger partial charge in [-0.2, -0.15) is 4.31 Å². The van der Waals surface area contributed by atoms with E-state index in [4.69, 9.17) is 0 Å². The standard InChI is InChI=1S/C12H23N3O2S/c1-5-7-8-15(10(3)6-2)18(16,17)12-9-13-11(4)14-12/h9-10H,5-8H2,1-4H3,(H,13,14). The quantitative estimate of drug-likeness (QED) is 0.829.